The molecular formula is C25H28F2N2O7S. The molecule has 1 fully saturated rings. The summed E-state index contributed by atoms with van der Waals surface area (Å²) in [5.41, 5.74) is 2.13. The van der Waals surface area contributed by atoms with E-state index in [0.29, 0.717) is 5.92 Å². The monoisotopic (exact) mass is 538 g/mol. The van der Waals surface area contributed by atoms with Crippen LogP contribution in [0.1, 0.15) is 44.2 Å². The van der Waals surface area contributed by atoms with E-state index in [1.807, 2.05) is 0 Å². The van der Waals surface area contributed by atoms with Crippen molar-refractivity contribution in [2.24, 2.45) is 0 Å². The molecule has 0 spiro atoms. The molecule has 0 bridgehead atoms. The molecule has 0 unspecified atom stereocenters. The number of aliphatic carboxylic acids is 2. The van der Waals surface area contributed by atoms with Crippen LogP contribution in [0.4, 0.5) is 8.78 Å². The van der Waals surface area contributed by atoms with Gasteiger partial charge in [0, 0.05) is 23.1 Å². The zero-order chi connectivity index (χ0) is 27.5. The van der Waals surface area contributed by atoms with Crippen molar-refractivity contribution >= 4 is 33.0 Å². The number of piperidine rings is 1. The predicted octanol–water partition coefficient (Wildman–Crippen LogP) is 4.23. The Balaban J connectivity index is 0.000000568. The number of rotatable bonds is 5. The van der Waals surface area contributed by atoms with Crippen molar-refractivity contribution in [1.82, 2.24) is 9.47 Å². The third kappa shape index (κ3) is 6.44. The number of hydrogen-bond donors (Lipinski definition) is 2. The van der Waals surface area contributed by atoms with Crippen LogP contribution in [-0.2, 0) is 19.7 Å². The van der Waals surface area contributed by atoms with Crippen LogP contribution in [0.2, 0.25) is 0 Å². The van der Waals surface area contributed by atoms with Crippen LogP contribution in [0, 0.1) is 11.6 Å². The van der Waals surface area contributed by atoms with Gasteiger partial charge in [-0.05, 0) is 88.6 Å². The second kappa shape index (κ2) is 11.3. The third-order valence-electron chi connectivity index (χ3n) is 6.11. The molecule has 2 aromatic carbocycles. The molecule has 0 amide bonds. The SMILES string of the molecule is CC(C)n1cc(C2CCN(C)CC2)c2cc(OS(=O)(=O)c3c(F)cccc3F)ccc21.O=C(O)C(=O)O. The molecule has 0 atom stereocenters. The van der Waals surface area contributed by atoms with Gasteiger partial charge in [0.05, 0.1) is 0 Å². The van der Waals surface area contributed by atoms with Crippen LogP contribution in [0.5, 0.6) is 5.75 Å². The highest BCUT2D eigenvalue weighted by Crippen LogP contribution is 2.37. The van der Waals surface area contributed by atoms with Crippen molar-refractivity contribution in [3.63, 3.8) is 0 Å². The molecule has 0 aliphatic carbocycles. The minimum absolute atomic E-state index is 0.0332. The largest absolute Gasteiger partial charge is 0.473 e. The number of carboxylic acids is 2. The van der Waals surface area contributed by atoms with E-state index in [2.05, 4.69) is 36.6 Å². The standard InChI is InChI=1S/C23H26F2N2O3S.C2H2O4/c1-15(2)27-14-19(16-9-11-26(3)12-10-16)18-13-17(7-8-22(18)27)30-31(28,29)23-20(24)5-4-6-21(23)25;3-1(4)2(5)6/h4-8,13-16H,9-12H2,1-3H3;(H,3,4)(H,5,6). The average molecular weight is 539 g/mol. The van der Waals surface area contributed by atoms with E-state index in [9.17, 15) is 17.2 Å². The summed E-state index contributed by atoms with van der Waals surface area (Å²) >= 11 is 0. The Bertz CT molecular complexity index is 1380. The topological polar surface area (TPSA) is 126 Å². The number of fused-ring (bicyclic) bond motifs is 1. The highest BCUT2D eigenvalue weighted by molar-refractivity contribution is 7.87. The summed E-state index contributed by atoms with van der Waals surface area (Å²) in [6.07, 6.45) is 4.16. The van der Waals surface area contributed by atoms with Crippen molar-refractivity contribution in [2.45, 2.75) is 43.5 Å². The summed E-state index contributed by atoms with van der Waals surface area (Å²) in [5, 5.41) is 15.7. The molecule has 1 aliphatic heterocycles. The highest BCUT2D eigenvalue weighted by Gasteiger charge is 2.27. The smallest absolute Gasteiger partial charge is 0.414 e. The zero-order valence-corrected chi connectivity index (χ0v) is 21.3. The molecule has 12 heteroatoms. The first kappa shape index (κ1) is 28.1. The Morgan fingerprint density at radius 3 is 2.11 bits per heavy atom. The van der Waals surface area contributed by atoms with Crippen molar-refractivity contribution in [1.29, 1.82) is 0 Å². The van der Waals surface area contributed by atoms with Gasteiger partial charge >= 0.3 is 22.1 Å². The lowest BCUT2D eigenvalue weighted by molar-refractivity contribution is -0.159. The molecule has 2 N–H and O–H groups in total. The van der Waals surface area contributed by atoms with Gasteiger partial charge in [-0.15, -0.1) is 0 Å². The van der Waals surface area contributed by atoms with E-state index >= 15 is 0 Å². The van der Waals surface area contributed by atoms with E-state index in [1.165, 1.54) is 6.07 Å². The molecule has 2 heterocycles. The lowest BCUT2D eigenvalue weighted by atomic mass is 9.89. The lowest BCUT2D eigenvalue weighted by Crippen LogP contribution is -2.29. The van der Waals surface area contributed by atoms with E-state index in [0.717, 1.165) is 60.6 Å². The zero-order valence-electron chi connectivity index (χ0n) is 20.5. The van der Waals surface area contributed by atoms with Crippen molar-refractivity contribution in [3.05, 3.63) is 59.8 Å². The number of carbonyl (C=O) groups is 2. The second-order valence-electron chi connectivity index (χ2n) is 9.04. The van der Waals surface area contributed by atoms with Crippen LogP contribution in [0.15, 0.2) is 47.5 Å². The first-order valence-electron chi connectivity index (χ1n) is 11.5. The van der Waals surface area contributed by atoms with E-state index in [4.69, 9.17) is 24.0 Å². The highest BCUT2D eigenvalue weighted by atomic mass is 32.2. The van der Waals surface area contributed by atoms with Gasteiger partial charge in [-0.3, -0.25) is 0 Å². The molecule has 1 saturated heterocycles. The quantitative estimate of drug-likeness (QED) is 0.365. The second-order valence-corrected chi connectivity index (χ2v) is 10.5. The maximum atomic E-state index is 14.0. The number of benzene rings is 2. The van der Waals surface area contributed by atoms with Gasteiger partial charge in [0.15, 0.2) is 4.90 Å². The fraction of sp³-hybridized carbons (Fsp3) is 0.360. The number of likely N-dealkylation sites (tertiary alicyclic amines) is 1. The van der Waals surface area contributed by atoms with Gasteiger partial charge < -0.3 is 23.9 Å². The average Bonchev–Trinajstić information content (AvgIpc) is 3.18. The summed E-state index contributed by atoms with van der Waals surface area (Å²) in [4.78, 5) is 19.4. The minimum Gasteiger partial charge on any atom is -0.473 e. The molecule has 1 aliphatic rings. The van der Waals surface area contributed by atoms with E-state index in [1.54, 1.807) is 12.1 Å². The van der Waals surface area contributed by atoms with Gasteiger partial charge in [-0.25, -0.2) is 18.4 Å². The number of aromatic nitrogens is 1. The molecule has 0 saturated carbocycles. The Morgan fingerprint density at radius 1 is 1.03 bits per heavy atom. The Labute approximate surface area is 213 Å². The van der Waals surface area contributed by atoms with Crippen molar-refractivity contribution in [2.75, 3.05) is 20.1 Å². The third-order valence-corrected chi connectivity index (χ3v) is 7.41. The van der Waals surface area contributed by atoms with Crippen molar-refractivity contribution in [3.8, 4) is 5.75 Å². The van der Waals surface area contributed by atoms with Crippen LogP contribution in [-0.4, -0.2) is 60.2 Å². The van der Waals surface area contributed by atoms with E-state index in [-0.39, 0.29) is 11.8 Å². The summed E-state index contributed by atoms with van der Waals surface area (Å²) in [7, 11) is -2.56. The van der Waals surface area contributed by atoms with Gasteiger partial charge in [0.2, 0.25) is 0 Å². The molecule has 37 heavy (non-hydrogen) atoms. The van der Waals surface area contributed by atoms with Gasteiger partial charge in [0.25, 0.3) is 0 Å². The maximum absolute atomic E-state index is 14.0. The fourth-order valence-electron chi connectivity index (χ4n) is 4.27. The summed E-state index contributed by atoms with van der Waals surface area (Å²) in [6, 6.07) is 8.11. The van der Waals surface area contributed by atoms with Gasteiger partial charge in [-0.2, -0.15) is 8.42 Å². The fourth-order valence-corrected chi connectivity index (χ4v) is 5.33. The Morgan fingerprint density at radius 2 is 1.59 bits per heavy atom. The molecule has 3 aromatic rings. The maximum Gasteiger partial charge on any atom is 0.414 e. The Hall–Kier alpha value is -3.51. The number of halogens is 2. The summed E-state index contributed by atoms with van der Waals surface area (Å²) in [6.45, 7) is 6.17. The normalized spacial score (nSPS) is 14.9. The summed E-state index contributed by atoms with van der Waals surface area (Å²) < 4.78 is 60.6. The predicted molar refractivity (Wildman–Crippen MR) is 131 cm³/mol. The van der Waals surface area contributed by atoms with Crippen LogP contribution >= 0.6 is 0 Å². The molecule has 4 rings (SSSR count). The number of carboxylic acid groups (broad SMARTS) is 2. The van der Waals surface area contributed by atoms with Crippen LogP contribution in [0.3, 0.4) is 0 Å². The van der Waals surface area contributed by atoms with Crippen molar-refractivity contribution < 1.29 is 41.2 Å². The molecule has 9 nitrogen and oxygen atoms in total. The number of nitrogens with zero attached hydrogens (tertiary/aromatic N) is 2. The Kier molecular flexibility index (Phi) is 8.54. The molecule has 1 aromatic heterocycles. The summed E-state index contributed by atoms with van der Waals surface area (Å²) in [5.74, 6) is -5.62. The van der Waals surface area contributed by atoms with E-state index < -0.39 is 38.6 Å². The molecular weight excluding hydrogens is 510 g/mol. The number of hydrogen-bond acceptors (Lipinski definition) is 6. The first-order chi connectivity index (χ1) is 17.3. The van der Waals surface area contributed by atoms with Crippen LogP contribution in [0.25, 0.3) is 10.9 Å². The molecule has 0 radical (unpaired) electrons. The lowest BCUT2D eigenvalue weighted by Gasteiger charge is -2.28. The van der Waals surface area contributed by atoms with Gasteiger partial charge in [-0.1, -0.05) is 6.07 Å². The first-order valence-corrected chi connectivity index (χ1v) is 12.9. The van der Waals surface area contributed by atoms with Gasteiger partial charge in [0.1, 0.15) is 17.4 Å². The minimum atomic E-state index is -4.66. The van der Waals surface area contributed by atoms with Crippen LogP contribution < -0.4 is 4.18 Å². The molecule has 200 valence electrons.